The van der Waals surface area contributed by atoms with Crippen LogP contribution in [0.3, 0.4) is 0 Å². The summed E-state index contributed by atoms with van der Waals surface area (Å²) in [6.07, 6.45) is 3.56. The predicted octanol–water partition coefficient (Wildman–Crippen LogP) is 4.68. The monoisotopic (exact) mass is 385 g/mol. The van der Waals surface area contributed by atoms with E-state index in [0.29, 0.717) is 20.6 Å². The van der Waals surface area contributed by atoms with Crippen LogP contribution in [0, 0.1) is 0 Å². The highest BCUT2D eigenvalue weighted by Crippen LogP contribution is 2.35. The van der Waals surface area contributed by atoms with E-state index in [4.69, 9.17) is 27.9 Å². The van der Waals surface area contributed by atoms with E-state index in [0.717, 1.165) is 42.6 Å². The fourth-order valence-corrected chi connectivity index (χ4v) is 4.66. The molecule has 0 bridgehead atoms. The summed E-state index contributed by atoms with van der Waals surface area (Å²) in [7, 11) is -2.11. The van der Waals surface area contributed by atoms with Gasteiger partial charge in [0, 0.05) is 0 Å². The average Bonchev–Trinajstić information content (AvgIpc) is 2.56. The largest absolute Gasteiger partial charge is 0.496 e. The molecule has 0 aliphatic heterocycles. The van der Waals surface area contributed by atoms with Gasteiger partial charge >= 0.3 is 0 Å². The van der Waals surface area contributed by atoms with Crippen molar-refractivity contribution in [1.29, 1.82) is 0 Å². The van der Waals surface area contributed by atoms with E-state index in [1.807, 2.05) is 0 Å². The van der Waals surface area contributed by atoms with Crippen molar-refractivity contribution in [2.75, 3.05) is 11.8 Å². The summed E-state index contributed by atoms with van der Waals surface area (Å²) in [5.74, 6) is 0.748. The number of anilines is 1. The van der Waals surface area contributed by atoms with Gasteiger partial charge in [0.25, 0.3) is 10.0 Å². The van der Waals surface area contributed by atoms with E-state index in [-0.39, 0.29) is 0 Å². The summed E-state index contributed by atoms with van der Waals surface area (Å²) in [5.41, 5.74) is 2.21. The van der Waals surface area contributed by atoms with Crippen LogP contribution in [-0.4, -0.2) is 15.5 Å². The molecule has 2 aromatic carbocycles. The van der Waals surface area contributed by atoms with Crippen LogP contribution in [0.25, 0.3) is 0 Å². The summed E-state index contributed by atoms with van der Waals surface area (Å²) < 4.78 is 33.6. The first-order valence-electron chi connectivity index (χ1n) is 7.59. The van der Waals surface area contributed by atoms with E-state index in [2.05, 4.69) is 4.72 Å². The zero-order valence-corrected chi connectivity index (χ0v) is 15.4. The molecule has 3 rings (SSSR count). The molecule has 24 heavy (non-hydrogen) atoms. The molecular formula is C17H17Cl2NO3S. The number of halogens is 2. The molecule has 0 saturated heterocycles. The van der Waals surface area contributed by atoms with Crippen molar-refractivity contribution in [1.82, 2.24) is 0 Å². The number of sulfonamides is 1. The Morgan fingerprint density at radius 1 is 1.00 bits per heavy atom. The van der Waals surface area contributed by atoms with Gasteiger partial charge < -0.3 is 4.74 Å². The standard InChI is InChI=1S/C17H17Cl2NO3S/c1-23-16-8-9-17(13-5-3-2-4-12(13)16)24(21,22)20-11-6-7-14(18)15(19)10-11/h6-10,20H,2-5H2,1H3. The Morgan fingerprint density at radius 3 is 2.38 bits per heavy atom. The molecule has 0 aromatic heterocycles. The van der Waals surface area contributed by atoms with E-state index < -0.39 is 10.0 Å². The van der Waals surface area contributed by atoms with Crippen LogP contribution in [0.1, 0.15) is 24.0 Å². The SMILES string of the molecule is COc1ccc(S(=O)(=O)Nc2ccc(Cl)c(Cl)c2)c2c1CCCC2. The van der Waals surface area contributed by atoms with Crippen molar-refractivity contribution >= 4 is 38.9 Å². The third-order valence-electron chi connectivity index (χ3n) is 4.13. The number of ether oxygens (including phenoxy) is 1. The van der Waals surface area contributed by atoms with E-state index in [1.54, 1.807) is 31.4 Å². The molecule has 0 unspecified atom stereocenters. The van der Waals surface area contributed by atoms with Gasteiger partial charge in [-0.25, -0.2) is 8.42 Å². The molecular weight excluding hydrogens is 369 g/mol. The van der Waals surface area contributed by atoms with Gasteiger partial charge in [-0.2, -0.15) is 0 Å². The van der Waals surface area contributed by atoms with E-state index >= 15 is 0 Å². The molecule has 0 spiro atoms. The maximum Gasteiger partial charge on any atom is 0.262 e. The molecule has 0 atom stereocenters. The molecule has 4 nitrogen and oxygen atoms in total. The minimum absolute atomic E-state index is 0.295. The third-order valence-corrected chi connectivity index (χ3v) is 6.33. The maximum atomic E-state index is 12.8. The average molecular weight is 386 g/mol. The summed E-state index contributed by atoms with van der Waals surface area (Å²) in [4.78, 5) is 0.295. The second kappa shape index (κ2) is 6.82. The number of rotatable bonds is 4. The molecule has 1 aliphatic carbocycles. The van der Waals surface area contributed by atoms with E-state index in [9.17, 15) is 8.42 Å². The molecule has 1 aliphatic rings. The summed E-state index contributed by atoms with van der Waals surface area (Å²) in [6, 6.07) is 7.96. The van der Waals surface area contributed by atoms with E-state index in [1.165, 1.54) is 6.07 Å². The van der Waals surface area contributed by atoms with Gasteiger partial charge in [0.1, 0.15) is 5.75 Å². The first kappa shape index (κ1) is 17.4. The first-order chi connectivity index (χ1) is 11.4. The highest BCUT2D eigenvalue weighted by Gasteiger charge is 2.25. The van der Waals surface area contributed by atoms with Gasteiger partial charge in [-0.1, -0.05) is 23.2 Å². The first-order valence-corrected chi connectivity index (χ1v) is 9.83. The predicted molar refractivity (Wildman–Crippen MR) is 96.9 cm³/mol. The Morgan fingerprint density at radius 2 is 1.71 bits per heavy atom. The van der Waals surface area contributed by atoms with Gasteiger partial charge in [0.2, 0.25) is 0 Å². The highest BCUT2D eigenvalue weighted by molar-refractivity contribution is 7.92. The Hall–Kier alpha value is -1.43. The normalized spacial score (nSPS) is 14.1. The number of methoxy groups -OCH3 is 1. The summed E-state index contributed by atoms with van der Waals surface area (Å²) in [6.45, 7) is 0. The van der Waals surface area contributed by atoms with Gasteiger partial charge in [-0.3, -0.25) is 4.72 Å². The Labute approximate surface area is 151 Å². The molecule has 128 valence electrons. The van der Waals surface area contributed by atoms with Gasteiger partial charge in [0.15, 0.2) is 0 Å². The van der Waals surface area contributed by atoms with Crippen LogP contribution in [0.2, 0.25) is 10.0 Å². The van der Waals surface area contributed by atoms with Crippen LogP contribution in [-0.2, 0) is 22.9 Å². The second-order valence-electron chi connectivity index (χ2n) is 5.66. The number of fused-ring (bicyclic) bond motifs is 1. The van der Waals surface area contributed by atoms with Crippen molar-refractivity contribution in [3.8, 4) is 5.75 Å². The van der Waals surface area contributed by atoms with Crippen molar-refractivity contribution < 1.29 is 13.2 Å². The molecule has 0 amide bonds. The fraction of sp³-hybridized carbons (Fsp3) is 0.294. The topological polar surface area (TPSA) is 55.4 Å². The third kappa shape index (κ3) is 3.34. The lowest BCUT2D eigenvalue weighted by Crippen LogP contribution is -2.18. The zero-order chi connectivity index (χ0) is 17.3. The molecule has 2 aromatic rings. The summed E-state index contributed by atoms with van der Waals surface area (Å²) >= 11 is 11.8. The van der Waals surface area contributed by atoms with Crippen molar-refractivity contribution in [2.45, 2.75) is 30.6 Å². The van der Waals surface area contributed by atoms with Crippen LogP contribution in [0.5, 0.6) is 5.75 Å². The minimum atomic E-state index is -3.72. The Balaban J connectivity index is 2.02. The molecule has 0 saturated carbocycles. The van der Waals surface area contributed by atoms with Crippen molar-refractivity contribution in [2.24, 2.45) is 0 Å². The van der Waals surface area contributed by atoms with Gasteiger partial charge in [-0.15, -0.1) is 0 Å². The molecule has 0 heterocycles. The van der Waals surface area contributed by atoms with Crippen molar-refractivity contribution in [3.05, 3.63) is 51.5 Å². The zero-order valence-electron chi connectivity index (χ0n) is 13.1. The van der Waals surface area contributed by atoms with Gasteiger partial charge in [0.05, 0.1) is 27.7 Å². The number of benzene rings is 2. The second-order valence-corrected chi connectivity index (χ2v) is 8.13. The maximum absolute atomic E-state index is 12.8. The number of nitrogens with one attached hydrogen (secondary N) is 1. The molecule has 0 radical (unpaired) electrons. The number of hydrogen-bond acceptors (Lipinski definition) is 3. The molecule has 1 N–H and O–H groups in total. The minimum Gasteiger partial charge on any atom is -0.496 e. The summed E-state index contributed by atoms with van der Waals surface area (Å²) in [5, 5.41) is 0.676. The Bertz CT molecular complexity index is 882. The van der Waals surface area contributed by atoms with Crippen LogP contribution in [0.15, 0.2) is 35.2 Å². The van der Waals surface area contributed by atoms with Crippen LogP contribution in [0.4, 0.5) is 5.69 Å². The van der Waals surface area contributed by atoms with Gasteiger partial charge in [-0.05, 0) is 67.1 Å². The fourth-order valence-electron chi connectivity index (χ4n) is 3.01. The van der Waals surface area contributed by atoms with Crippen LogP contribution < -0.4 is 9.46 Å². The quantitative estimate of drug-likeness (QED) is 0.830. The smallest absolute Gasteiger partial charge is 0.262 e. The molecule has 0 fully saturated rings. The number of hydrogen-bond donors (Lipinski definition) is 1. The lowest BCUT2D eigenvalue weighted by molar-refractivity contribution is 0.405. The lowest BCUT2D eigenvalue weighted by atomic mass is 9.91. The van der Waals surface area contributed by atoms with Crippen molar-refractivity contribution in [3.63, 3.8) is 0 Å². The highest BCUT2D eigenvalue weighted by atomic mass is 35.5. The van der Waals surface area contributed by atoms with Crippen LogP contribution >= 0.6 is 23.2 Å². The molecule has 7 heteroatoms. The Kier molecular flexibility index (Phi) is 4.95. The lowest BCUT2D eigenvalue weighted by Gasteiger charge is -2.22.